The maximum Gasteiger partial charge on any atom is 0.248 e. The second kappa shape index (κ2) is 10.4. The van der Waals surface area contributed by atoms with Crippen LogP contribution in [0.3, 0.4) is 0 Å². The first-order valence-corrected chi connectivity index (χ1v) is 10.7. The van der Waals surface area contributed by atoms with Gasteiger partial charge in [0.05, 0.1) is 24.8 Å². The number of hydrogen-bond acceptors (Lipinski definition) is 5. The summed E-state index contributed by atoms with van der Waals surface area (Å²) in [6, 6.07) is 20.2. The smallest absolute Gasteiger partial charge is 0.248 e. The van der Waals surface area contributed by atoms with Gasteiger partial charge in [-0.1, -0.05) is 30.3 Å². The molecule has 1 amide bonds. The van der Waals surface area contributed by atoms with Gasteiger partial charge in [0.1, 0.15) is 12.4 Å². The number of ether oxygens (including phenoxy) is 2. The van der Waals surface area contributed by atoms with Crippen LogP contribution in [0.1, 0.15) is 16.8 Å². The third kappa shape index (κ3) is 5.63. The molecule has 0 saturated heterocycles. The maximum absolute atomic E-state index is 12.5. The summed E-state index contributed by atoms with van der Waals surface area (Å²) in [6.07, 6.45) is 6.75. The maximum atomic E-state index is 12.5. The quantitative estimate of drug-likeness (QED) is 0.360. The molecule has 1 heterocycles. The van der Waals surface area contributed by atoms with E-state index in [1.54, 1.807) is 24.5 Å². The van der Waals surface area contributed by atoms with E-state index >= 15 is 0 Å². The van der Waals surface area contributed by atoms with Gasteiger partial charge in [-0.3, -0.25) is 4.79 Å². The van der Waals surface area contributed by atoms with E-state index in [1.807, 2.05) is 66.2 Å². The summed E-state index contributed by atoms with van der Waals surface area (Å²) < 4.78 is 13.0. The Hall–Kier alpha value is -4.52. The number of hydrogen-bond donors (Lipinski definition) is 2. The first kappa shape index (κ1) is 22.7. The standard InChI is InChI=1S/C27H25N3O4/c1-19-16-30(18-28-19)22-7-5-8-23(15-22)34-17-21-6-3-4-9-24(21)29-27(32)13-11-20-10-12-26(33-2)25(31)14-20/h3-16,18,31H,17H2,1-2H3,(H,29,32). The van der Waals surface area contributed by atoms with E-state index in [0.717, 1.165) is 16.9 Å². The fraction of sp³-hybridized carbons (Fsp3) is 0.111. The monoisotopic (exact) mass is 455 g/mol. The van der Waals surface area contributed by atoms with Crippen LogP contribution in [-0.4, -0.2) is 27.7 Å². The minimum Gasteiger partial charge on any atom is -0.504 e. The number of nitrogens with one attached hydrogen (secondary N) is 1. The Morgan fingerprint density at radius 1 is 1.12 bits per heavy atom. The number of phenolic OH excluding ortho intramolecular Hbond substituents is 1. The second-order valence-corrected chi connectivity index (χ2v) is 7.62. The largest absolute Gasteiger partial charge is 0.504 e. The normalized spacial score (nSPS) is 10.9. The Morgan fingerprint density at radius 2 is 1.97 bits per heavy atom. The third-order valence-electron chi connectivity index (χ3n) is 5.13. The number of rotatable bonds is 8. The molecule has 0 saturated carbocycles. The molecule has 0 aliphatic carbocycles. The van der Waals surface area contributed by atoms with Gasteiger partial charge < -0.3 is 24.5 Å². The van der Waals surface area contributed by atoms with Crippen molar-refractivity contribution in [2.45, 2.75) is 13.5 Å². The lowest BCUT2D eigenvalue weighted by molar-refractivity contribution is -0.111. The molecular weight excluding hydrogens is 430 g/mol. The molecule has 0 fully saturated rings. The van der Waals surface area contributed by atoms with Gasteiger partial charge in [0.15, 0.2) is 11.5 Å². The Morgan fingerprint density at radius 3 is 2.74 bits per heavy atom. The van der Waals surface area contributed by atoms with E-state index in [9.17, 15) is 9.90 Å². The second-order valence-electron chi connectivity index (χ2n) is 7.62. The van der Waals surface area contributed by atoms with Crippen LogP contribution in [0.2, 0.25) is 0 Å². The highest BCUT2D eigenvalue weighted by Gasteiger charge is 2.07. The van der Waals surface area contributed by atoms with Crippen molar-refractivity contribution in [3.8, 4) is 22.9 Å². The van der Waals surface area contributed by atoms with E-state index < -0.39 is 0 Å². The van der Waals surface area contributed by atoms with Crippen LogP contribution in [0.5, 0.6) is 17.2 Å². The molecule has 0 spiro atoms. The van der Waals surface area contributed by atoms with Crippen LogP contribution in [-0.2, 0) is 11.4 Å². The third-order valence-corrected chi connectivity index (χ3v) is 5.13. The Labute approximate surface area is 197 Å². The van der Waals surface area contributed by atoms with E-state index in [0.29, 0.717) is 29.4 Å². The highest BCUT2D eigenvalue weighted by Crippen LogP contribution is 2.27. The number of amides is 1. The van der Waals surface area contributed by atoms with E-state index in [2.05, 4.69) is 10.3 Å². The topological polar surface area (TPSA) is 85.6 Å². The zero-order valence-electron chi connectivity index (χ0n) is 18.9. The van der Waals surface area contributed by atoms with Crippen LogP contribution in [0, 0.1) is 6.92 Å². The van der Waals surface area contributed by atoms with Gasteiger partial charge in [0.25, 0.3) is 0 Å². The number of imidazole rings is 1. The first-order chi connectivity index (χ1) is 16.5. The van der Waals surface area contributed by atoms with Crippen molar-refractivity contribution in [3.63, 3.8) is 0 Å². The zero-order chi connectivity index (χ0) is 23.9. The Balaban J connectivity index is 1.41. The van der Waals surface area contributed by atoms with Gasteiger partial charge in [0, 0.05) is 29.6 Å². The molecule has 0 bridgehead atoms. The van der Waals surface area contributed by atoms with Gasteiger partial charge in [-0.2, -0.15) is 0 Å². The lowest BCUT2D eigenvalue weighted by Gasteiger charge is -2.12. The molecule has 0 unspecified atom stereocenters. The van der Waals surface area contributed by atoms with Crippen molar-refractivity contribution < 1.29 is 19.4 Å². The fourth-order valence-corrected chi connectivity index (χ4v) is 3.38. The molecule has 7 heteroatoms. The van der Waals surface area contributed by atoms with E-state index in [1.165, 1.54) is 19.3 Å². The van der Waals surface area contributed by atoms with Crippen molar-refractivity contribution in [1.29, 1.82) is 0 Å². The van der Waals surface area contributed by atoms with Gasteiger partial charge in [-0.25, -0.2) is 4.98 Å². The molecule has 4 rings (SSSR count). The number of aromatic hydroxyl groups is 1. The van der Waals surface area contributed by atoms with E-state index in [4.69, 9.17) is 9.47 Å². The number of phenols is 1. The SMILES string of the molecule is COc1ccc(C=CC(=O)Nc2ccccc2COc2cccc(-n3cnc(C)c3)c2)cc1O. The molecule has 7 nitrogen and oxygen atoms in total. The summed E-state index contributed by atoms with van der Waals surface area (Å²) in [6.45, 7) is 2.23. The predicted molar refractivity (Wildman–Crippen MR) is 131 cm³/mol. The molecule has 172 valence electrons. The average molecular weight is 456 g/mol. The molecule has 0 aliphatic heterocycles. The van der Waals surface area contributed by atoms with Gasteiger partial charge in [-0.15, -0.1) is 0 Å². The number of carbonyl (C=O) groups is 1. The van der Waals surface area contributed by atoms with Crippen molar-refractivity contribution in [3.05, 3.63) is 102 Å². The number of para-hydroxylation sites is 1. The molecule has 0 aliphatic rings. The van der Waals surface area contributed by atoms with Crippen molar-refractivity contribution in [1.82, 2.24) is 9.55 Å². The summed E-state index contributed by atoms with van der Waals surface area (Å²) in [5, 5.41) is 12.8. The molecule has 2 N–H and O–H groups in total. The molecule has 1 aromatic heterocycles. The highest BCUT2D eigenvalue weighted by atomic mass is 16.5. The summed E-state index contributed by atoms with van der Waals surface area (Å²) in [5.74, 6) is 0.811. The van der Waals surface area contributed by atoms with Crippen LogP contribution < -0.4 is 14.8 Å². The minimum atomic E-state index is -0.291. The summed E-state index contributed by atoms with van der Waals surface area (Å²) in [4.78, 5) is 16.7. The number of anilines is 1. The fourth-order valence-electron chi connectivity index (χ4n) is 3.38. The number of methoxy groups -OCH3 is 1. The number of aromatic nitrogens is 2. The lowest BCUT2D eigenvalue weighted by atomic mass is 10.1. The minimum absolute atomic E-state index is 0.0137. The zero-order valence-corrected chi connectivity index (χ0v) is 18.9. The number of nitrogens with zero attached hydrogens (tertiary/aromatic N) is 2. The van der Waals surface area contributed by atoms with Gasteiger partial charge >= 0.3 is 0 Å². The molecule has 34 heavy (non-hydrogen) atoms. The van der Waals surface area contributed by atoms with Crippen LogP contribution in [0.15, 0.2) is 85.3 Å². The Bertz CT molecular complexity index is 1330. The number of carbonyl (C=O) groups excluding carboxylic acids is 1. The molecule has 0 radical (unpaired) electrons. The number of benzene rings is 3. The van der Waals surface area contributed by atoms with Crippen LogP contribution in [0.4, 0.5) is 5.69 Å². The van der Waals surface area contributed by atoms with E-state index in [-0.39, 0.29) is 11.7 Å². The van der Waals surface area contributed by atoms with Gasteiger partial charge in [0.2, 0.25) is 5.91 Å². The lowest BCUT2D eigenvalue weighted by Crippen LogP contribution is -2.10. The van der Waals surface area contributed by atoms with Crippen molar-refractivity contribution in [2.75, 3.05) is 12.4 Å². The molecule has 0 atom stereocenters. The summed E-state index contributed by atoms with van der Waals surface area (Å²) >= 11 is 0. The summed E-state index contributed by atoms with van der Waals surface area (Å²) in [5.41, 5.74) is 4.08. The van der Waals surface area contributed by atoms with Gasteiger partial charge in [-0.05, 0) is 48.9 Å². The number of aryl methyl sites for hydroxylation is 1. The highest BCUT2D eigenvalue weighted by molar-refractivity contribution is 6.02. The van der Waals surface area contributed by atoms with Crippen molar-refractivity contribution >= 4 is 17.7 Å². The summed E-state index contributed by atoms with van der Waals surface area (Å²) in [7, 11) is 1.48. The molecular formula is C27H25N3O4. The molecule has 4 aromatic rings. The Kier molecular flexibility index (Phi) is 6.93. The van der Waals surface area contributed by atoms with Crippen LogP contribution >= 0.6 is 0 Å². The van der Waals surface area contributed by atoms with Crippen molar-refractivity contribution in [2.24, 2.45) is 0 Å². The average Bonchev–Trinajstić information content (AvgIpc) is 3.29. The first-order valence-electron chi connectivity index (χ1n) is 10.7. The predicted octanol–water partition coefficient (Wildman–Crippen LogP) is 5.13. The molecule has 3 aromatic carbocycles. The van der Waals surface area contributed by atoms with Crippen LogP contribution in [0.25, 0.3) is 11.8 Å².